The Hall–Kier alpha value is -1.62. The van der Waals surface area contributed by atoms with Gasteiger partial charge < -0.3 is 10.4 Å². The standard InChI is InChI=1S/C15H19ClN2O3/c1-10-5-8-17-13(16)12(10)18-11(19)9-15(14(20)21)6-3-2-4-7-15/h5,8H,2-4,6-7,9H2,1H3,(H,18,19)(H,20,21). The van der Waals surface area contributed by atoms with Crippen molar-refractivity contribution in [1.29, 1.82) is 0 Å². The van der Waals surface area contributed by atoms with E-state index >= 15 is 0 Å². The highest BCUT2D eigenvalue weighted by molar-refractivity contribution is 6.32. The largest absolute Gasteiger partial charge is 0.481 e. The minimum atomic E-state index is -0.940. The van der Waals surface area contributed by atoms with E-state index in [4.69, 9.17) is 11.6 Å². The van der Waals surface area contributed by atoms with Crippen molar-refractivity contribution in [3.05, 3.63) is 23.0 Å². The third kappa shape index (κ3) is 3.53. The normalized spacial score (nSPS) is 17.2. The number of anilines is 1. The molecule has 1 aliphatic rings. The van der Waals surface area contributed by atoms with Crippen LogP contribution in [0.1, 0.15) is 44.1 Å². The van der Waals surface area contributed by atoms with Gasteiger partial charge in [-0.15, -0.1) is 0 Å². The lowest BCUT2D eigenvalue weighted by Gasteiger charge is -2.32. The number of nitrogens with zero attached hydrogens (tertiary/aromatic N) is 1. The first kappa shape index (κ1) is 15.8. The third-order valence-corrected chi connectivity index (χ3v) is 4.43. The molecule has 2 N–H and O–H groups in total. The molecule has 1 heterocycles. The zero-order valence-corrected chi connectivity index (χ0v) is 12.7. The number of carboxylic acids is 1. The second kappa shape index (κ2) is 6.43. The van der Waals surface area contributed by atoms with E-state index in [1.807, 2.05) is 6.92 Å². The molecule has 2 rings (SSSR count). The molecular weight excluding hydrogens is 292 g/mol. The Bertz CT molecular complexity index is 534. The summed E-state index contributed by atoms with van der Waals surface area (Å²) in [6.07, 6.45) is 5.38. The van der Waals surface area contributed by atoms with Gasteiger partial charge in [0.05, 0.1) is 11.1 Å². The summed E-state index contributed by atoms with van der Waals surface area (Å²) in [5.41, 5.74) is 0.321. The van der Waals surface area contributed by atoms with E-state index in [1.54, 1.807) is 12.3 Å². The van der Waals surface area contributed by atoms with Crippen LogP contribution in [0.5, 0.6) is 0 Å². The van der Waals surface area contributed by atoms with Crippen LogP contribution in [0.2, 0.25) is 5.15 Å². The second-order valence-electron chi connectivity index (χ2n) is 5.66. The van der Waals surface area contributed by atoms with E-state index in [0.717, 1.165) is 24.8 Å². The van der Waals surface area contributed by atoms with Gasteiger partial charge in [0.1, 0.15) is 0 Å². The number of hydrogen-bond acceptors (Lipinski definition) is 3. The van der Waals surface area contributed by atoms with Gasteiger partial charge >= 0.3 is 5.97 Å². The maximum absolute atomic E-state index is 12.2. The topological polar surface area (TPSA) is 79.3 Å². The van der Waals surface area contributed by atoms with E-state index in [0.29, 0.717) is 18.5 Å². The lowest BCUT2D eigenvalue weighted by molar-refractivity contribution is -0.153. The van der Waals surface area contributed by atoms with Gasteiger partial charge in [-0.1, -0.05) is 30.9 Å². The number of carbonyl (C=O) groups excluding carboxylic acids is 1. The number of aliphatic carboxylic acids is 1. The van der Waals surface area contributed by atoms with E-state index in [1.165, 1.54) is 0 Å². The first-order valence-corrected chi connectivity index (χ1v) is 7.47. The van der Waals surface area contributed by atoms with Gasteiger partial charge in [-0.2, -0.15) is 0 Å². The van der Waals surface area contributed by atoms with Crippen molar-refractivity contribution < 1.29 is 14.7 Å². The average molecular weight is 311 g/mol. The van der Waals surface area contributed by atoms with E-state index in [9.17, 15) is 14.7 Å². The van der Waals surface area contributed by atoms with Crippen molar-refractivity contribution >= 4 is 29.2 Å². The molecule has 6 heteroatoms. The van der Waals surface area contributed by atoms with Crippen LogP contribution in [0.15, 0.2) is 12.3 Å². The molecule has 0 unspecified atom stereocenters. The molecule has 114 valence electrons. The lowest BCUT2D eigenvalue weighted by atomic mass is 9.71. The molecule has 5 nitrogen and oxygen atoms in total. The van der Waals surface area contributed by atoms with Crippen LogP contribution in [0.4, 0.5) is 5.69 Å². The van der Waals surface area contributed by atoms with Crippen LogP contribution in [-0.2, 0) is 9.59 Å². The summed E-state index contributed by atoms with van der Waals surface area (Å²) in [6, 6.07) is 1.75. The fourth-order valence-corrected chi connectivity index (χ4v) is 3.11. The number of nitrogens with one attached hydrogen (secondary N) is 1. The molecule has 0 bridgehead atoms. The van der Waals surface area contributed by atoms with Gasteiger partial charge in [0, 0.05) is 12.6 Å². The predicted molar refractivity (Wildman–Crippen MR) is 80.4 cm³/mol. The number of carbonyl (C=O) groups is 2. The number of hydrogen-bond donors (Lipinski definition) is 2. The molecule has 1 aromatic heterocycles. The Labute approximate surface area is 128 Å². The first-order chi connectivity index (χ1) is 9.94. The summed E-state index contributed by atoms with van der Waals surface area (Å²) in [5.74, 6) is -1.20. The molecule has 0 aromatic carbocycles. The Kier molecular flexibility index (Phi) is 4.83. The quantitative estimate of drug-likeness (QED) is 0.835. The molecule has 0 radical (unpaired) electrons. The summed E-state index contributed by atoms with van der Waals surface area (Å²) >= 11 is 5.97. The monoisotopic (exact) mass is 310 g/mol. The van der Waals surface area contributed by atoms with Gasteiger partial charge in [-0.05, 0) is 31.4 Å². The number of aryl methyl sites for hydroxylation is 1. The molecular formula is C15H19ClN2O3. The molecule has 0 atom stereocenters. The van der Waals surface area contributed by atoms with Crippen LogP contribution in [0.25, 0.3) is 0 Å². The van der Waals surface area contributed by atoms with Crippen LogP contribution >= 0.6 is 11.6 Å². The number of pyridine rings is 1. The van der Waals surface area contributed by atoms with Gasteiger partial charge in [0.25, 0.3) is 0 Å². The van der Waals surface area contributed by atoms with Crippen molar-refractivity contribution in [3.8, 4) is 0 Å². The predicted octanol–water partition coefficient (Wildman–Crippen LogP) is 3.41. The molecule has 1 saturated carbocycles. The van der Waals surface area contributed by atoms with Gasteiger partial charge in [0.2, 0.25) is 5.91 Å². The number of carboxylic acid groups (broad SMARTS) is 1. The fraction of sp³-hybridized carbons (Fsp3) is 0.533. The molecule has 1 aliphatic carbocycles. The SMILES string of the molecule is Cc1ccnc(Cl)c1NC(=O)CC1(C(=O)O)CCCCC1. The maximum atomic E-state index is 12.2. The molecule has 0 saturated heterocycles. The van der Waals surface area contributed by atoms with Crippen molar-refractivity contribution in [3.63, 3.8) is 0 Å². The minimum absolute atomic E-state index is 0.0208. The highest BCUT2D eigenvalue weighted by Crippen LogP contribution is 2.40. The Morgan fingerprint density at radius 2 is 2.05 bits per heavy atom. The summed E-state index contributed by atoms with van der Waals surface area (Å²) in [4.78, 5) is 27.7. The Balaban J connectivity index is 2.11. The number of aromatic nitrogens is 1. The summed E-state index contributed by atoms with van der Waals surface area (Å²) in [7, 11) is 0. The van der Waals surface area contributed by atoms with E-state index < -0.39 is 11.4 Å². The summed E-state index contributed by atoms with van der Waals surface area (Å²) in [6.45, 7) is 1.82. The minimum Gasteiger partial charge on any atom is -0.481 e. The van der Waals surface area contributed by atoms with Crippen LogP contribution in [-0.4, -0.2) is 22.0 Å². The van der Waals surface area contributed by atoms with Gasteiger partial charge in [-0.3, -0.25) is 9.59 Å². The van der Waals surface area contributed by atoms with Crippen LogP contribution in [0.3, 0.4) is 0 Å². The molecule has 0 spiro atoms. The molecule has 1 fully saturated rings. The van der Waals surface area contributed by atoms with Crippen molar-refractivity contribution in [2.75, 3.05) is 5.32 Å². The number of rotatable bonds is 4. The van der Waals surface area contributed by atoms with E-state index in [-0.39, 0.29) is 17.5 Å². The maximum Gasteiger partial charge on any atom is 0.310 e. The van der Waals surface area contributed by atoms with Crippen LogP contribution < -0.4 is 5.32 Å². The molecule has 21 heavy (non-hydrogen) atoms. The Morgan fingerprint density at radius 1 is 1.38 bits per heavy atom. The highest BCUT2D eigenvalue weighted by Gasteiger charge is 2.41. The molecule has 1 amide bonds. The Morgan fingerprint density at radius 3 is 2.62 bits per heavy atom. The summed E-state index contributed by atoms with van der Waals surface area (Å²) < 4.78 is 0. The fourth-order valence-electron chi connectivity index (χ4n) is 2.86. The number of amides is 1. The zero-order chi connectivity index (χ0) is 15.5. The molecule has 0 aliphatic heterocycles. The highest BCUT2D eigenvalue weighted by atomic mass is 35.5. The van der Waals surface area contributed by atoms with Gasteiger partial charge in [-0.25, -0.2) is 4.98 Å². The van der Waals surface area contributed by atoms with Crippen molar-refractivity contribution in [2.45, 2.75) is 45.4 Å². The zero-order valence-electron chi connectivity index (χ0n) is 12.0. The summed E-state index contributed by atoms with van der Waals surface area (Å²) in [5, 5.41) is 12.4. The van der Waals surface area contributed by atoms with Crippen molar-refractivity contribution in [2.24, 2.45) is 5.41 Å². The first-order valence-electron chi connectivity index (χ1n) is 7.09. The smallest absolute Gasteiger partial charge is 0.310 e. The third-order valence-electron chi connectivity index (χ3n) is 4.14. The second-order valence-corrected chi connectivity index (χ2v) is 6.02. The van der Waals surface area contributed by atoms with Crippen molar-refractivity contribution in [1.82, 2.24) is 4.98 Å². The average Bonchev–Trinajstić information content (AvgIpc) is 2.44. The molecule has 1 aromatic rings. The van der Waals surface area contributed by atoms with Crippen LogP contribution in [0, 0.1) is 12.3 Å². The lowest BCUT2D eigenvalue weighted by Crippen LogP contribution is -2.37. The van der Waals surface area contributed by atoms with Gasteiger partial charge in [0.15, 0.2) is 5.15 Å². The van der Waals surface area contributed by atoms with E-state index in [2.05, 4.69) is 10.3 Å². The number of halogens is 1.